The zero-order valence-electron chi connectivity index (χ0n) is 21.6. The van der Waals surface area contributed by atoms with Gasteiger partial charge in [0.1, 0.15) is 5.82 Å². The highest BCUT2D eigenvalue weighted by molar-refractivity contribution is 5.98. The first-order valence-electron chi connectivity index (χ1n) is 12.9. The summed E-state index contributed by atoms with van der Waals surface area (Å²) >= 11 is 0. The van der Waals surface area contributed by atoms with Crippen LogP contribution >= 0.6 is 0 Å². The van der Waals surface area contributed by atoms with Crippen molar-refractivity contribution in [3.63, 3.8) is 0 Å². The number of rotatable bonds is 6. The third-order valence-electron chi connectivity index (χ3n) is 7.36. The molecule has 206 valence electrons. The van der Waals surface area contributed by atoms with E-state index in [4.69, 9.17) is 4.74 Å². The van der Waals surface area contributed by atoms with Gasteiger partial charge >= 0.3 is 6.18 Å². The van der Waals surface area contributed by atoms with E-state index in [1.54, 1.807) is 18.7 Å². The van der Waals surface area contributed by atoms with Gasteiger partial charge in [0, 0.05) is 44.8 Å². The number of carbonyl (C=O) groups is 2. The first-order valence-corrected chi connectivity index (χ1v) is 12.9. The Kier molecular flexibility index (Phi) is 8.42. The fourth-order valence-electron chi connectivity index (χ4n) is 5.38. The smallest absolute Gasteiger partial charge is 0.364 e. The number of hydrogen-bond donors (Lipinski definition) is 0. The van der Waals surface area contributed by atoms with Crippen LogP contribution in [-0.4, -0.2) is 84.1 Å². The van der Waals surface area contributed by atoms with Gasteiger partial charge in [0.05, 0.1) is 23.8 Å². The van der Waals surface area contributed by atoms with E-state index in [9.17, 15) is 27.2 Å². The van der Waals surface area contributed by atoms with E-state index in [1.807, 2.05) is 30.3 Å². The number of amides is 2. The zero-order chi connectivity index (χ0) is 27.5. The number of piperidine rings is 1. The average molecular weight is 536 g/mol. The predicted molar refractivity (Wildman–Crippen MR) is 134 cm³/mol. The van der Waals surface area contributed by atoms with Gasteiger partial charge in [0.15, 0.2) is 0 Å². The summed E-state index contributed by atoms with van der Waals surface area (Å²) in [7, 11) is 0. The second kappa shape index (κ2) is 11.4. The van der Waals surface area contributed by atoms with E-state index >= 15 is 0 Å². The summed E-state index contributed by atoms with van der Waals surface area (Å²) < 4.78 is 61.1. The maximum Gasteiger partial charge on any atom is 0.401 e. The molecule has 1 spiro atoms. The predicted octanol–water partition coefficient (Wildman–Crippen LogP) is 4.92. The Balaban J connectivity index is 1.46. The molecule has 0 aromatic heterocycles. The van der Waals surface area contributed by atoms with Gasteiger partial charge in [-0.25, -0.2) is 4.39 Å². The monoisotopic (exact) mass is 535 g/mol. The Bertz CT molecular complexity index is 1130. The second-order valence-corrected chi connectivity index (χ2v) is 9.95. The van der Waals surface area contributed by atoms with Gasteiger partial charge in [-0.3, -0.25) is 14.5 Å². The summed E-state index contributed by atoms with van der Waals surface area (Å²) in [6.45, 7) is 4.25. The van der Waals surface area contributed by atoms with Crippen molar-refractivity contribution in [2.45, 2.75) is 44.6 Å². The number of halogens is 4. The standard InChI is InChI=1S/C28H33F4N3O3/c1-3-34(4-2)26(37)22-11-10-21(16-23(22)29)25(36)35-14-12-27(13-15-35)18-33(19-28(30,31)32)17-24(38-27)20-8-6-5-7-9-20/h5-11,16,24H,3-4,12-15,17-19H2,1-2H3. The molecule has 0 bridgehead atoms. The third kappa shape index (κ3) is 6.35. The van der Waals surface area contributed by atoms with E-state index in [0.29, 0.717) is 25.9 Å². The minimum absolute atomic E-state index is 0.0878. The summed E-state index contributed by atoms with van der Waals surface area (Å²) in [5.74, 6) is -1.58. The van der Waals surface area contributed by atoms with E-state index in [0.717, 1.165) is 11.6 Å². The summed E-state index contributed by atoms with van der Waals surface area (Å²) in [4.78, 5) is 30.1. The van der Waals surface area contributed by atoms with Crippen LogP contribution in [0.4, 0.5) is 17.6 Å². The molecule has 1 atom stereocenters. The van der Waals surface area contributed by atoms with E-state index in [2.05, 4.69) is 0 Å². The third-order valence-corrected chi connectivity index (χ3v) is 7.36. The minimum atomic E-state index is -4.33. The Morgan fingerprint density at radius 1 is 1.05 bits per heavy atom. The molecule has 10 heteroatoms. The van der Waals surface area contributed by atoms with Crippen LogP contribution in [0.25, 0.3) is 0 Å². The van der Waals surface area contributed by atoms with Gasteiger partial charge in [-0.05, 0) is 50.5 Å². The molecule has 0 aliphatic carbocycles. The number of nitrogens with zero attached hydrogens (tertiary/aromatic N) is 3. The lowest BCUT2D eigenvalue weighted by molar-refractivity contribution is -0.205. The molecular weight excluding hydrogens is 502 g/mol. The molecule has 1 unspecified atom stereocenters. The van der Waals surface area contributed by atoms with Crippen LogP contribution in [0.3, 0.4) is 0 Å². The molecule has 0 radical (unpaired) electrons. The largest absolute Gasteiger partial charge is 0.401 e. The molecule has 2 aliphatic heterocycles. The number of benzene rings is 2. The molecule has 0 N–H and O–H groups in total. The van der Waals surface area contributed by atoms with E-state index in [1.165, 1.54) is 21.9 Å². The van der Waals surface area contributed by atoms with E-state index in [-0.39, 0.29) is 43.2 Å². The molecule has 2 heterocycles. The summed E-state index contributed by atoms with van der Waals surface area (Å²) in [6.07, 6.45) is -4.13. The summed E-state index contributed by atoms with van der Waals surface area (Å²) in [5, 5.41) is 0. The molecule has 2 aromatic carbocycles. The fourth-order valence-corrected chi connectivity index (χ4v) is 5.38. The maximum absolute atomic E-state index is 14.8. The number of ether oxygens (including phenoxy) is 1. The van der Waals surface area contributed by atoms with Crippen molar-refractivity contribution in [1.82, 2.24) is 14.7 Å². The lowest BCUT2D eigenvalue weighted by Gasteiger charge is -2.50. The normalized spacial score (nSPS) is 19.9. The van der Waals surface area contributed by atoms with Crippen LogP contribution in [0, 0.1) is 5.82 Å². The Labute approximate surface area is 220 Å². The van der Waals surface area contributed by atoms with E-state index < -0.39 is 36.2 Å². The van der Waals surface area contributed by atoms with Crippen molar-refractivity contribution in [3.05, 3.63) is 71.0 Å². The Hall–Kier alpha value is -2.98. The topological polar surface area (TPSA) is 53.1 Å². The average Bonchev–Trinajstić information content (AvgIpc) is 2.88. The van der Waals surface area contributed by atoms with Crippen molar-refractivity contribution < 1.29 is 31.9 Å². The van der Waals surface area contributed by atoms with Gasteiger partial charge in [-0.15, -0.1) is 0 Å². The second-order valence-electron chi connectivity index (χ2n) is 9.95. The fraction of sp³-hybridized carbons (Fsp3) is 0.500. The van der Waals surface area contributed by atoms with Crippen molar-refractivity contribution in [1.29, 1.82) is 0 Å². The van der Waals surface area contributed by atoms with Crippen LogP contribution in [-0.2, 0) is 4.74 Å². The van der Waals surface area contributed by atoms with Gasteiger partial charge in [0.2, 0.25) is 0 Å². The number of carbonyl (C=O) groups excluding carboxylic acids is 2. The molecule has 4 rings (SSSR count). The molecular formula is C28H33F4N3O3. The highest BCUT2D eigenvalue weighted by Gasteiger charge is 2.46. The summed E-state index contributed by atoms with van der Waals surface area (Å²) in [5.41, 5.74) is 0.0220. The van der Waals surface area contributed by atoms with Crippen molar-refractivity contribution in [2.75, 3.05) is 45.8 Å². The molecule has 2 aromatic rings. The molecule has 2 saturated heterocycles. The highest BCUT2D eigenvalue weighted by atomic mass is 19.4. The van der Waals surface area contributed by atoms with Crippen molar-refractivity contribution in [2.24, 2.45) is 0 Å². The number of hydrogen-bond acceptors (Lipinski definition) is 4. The first-order chi connectivity index (χ1) is 18.0. The van der Waals surface area contributed by atoms with Crippen LogP contribution < -0.4 is 0 Å². The first kappa shape index (κ1) is 28.0. The van der Waals surface area contributed by atoms with Crippen molar-refractivity contribution in [3.8, 4) is 0 Å². The maximum atomic E-state index is 14.8. The molecule has 2 aliphatic rings. The molecule has 2 amide bonds. The molecule has 6 nitrogen and oxygen atoms in total. The van der Waals surface area contributed by atoms with Gasteiger partial charge in [-0.1, -0.05) is 30.3 Å². The van der Waals surface area contributed by atoms with Gasteiger partial charge in [0.25, 0.3) is 11.8 Å². The lowest BCUT2D eigenvalue weighted by Crippen LogP contribution is -2.59. The van der Waals surface area contributed by atoms with Gasteiger partial charge in [-0.2, -0.15) is 13.2 Å². The Morgan fingerprint density at radius 2 is 1.71 bits per heavy atom. The summed E-state index contributed by atoms with van der Waals surface area (Å²) in [6, 6.07) is 13.0. The van der Waals surface area contributed by atoms with Crippen LogP contribution in [0.5, 0.6) is 0 Å². The van der Waals surface area contributed by atoms with Crippen molar-refractivity contribution >= 4 is 11.8 Å². The lowest BCUT2D eigenvalue weighted by atomic mass is 9.87. The number of alkyl halides is 3. The quantitative estimate of drug-likeness (QED) is 0.493. The van der Waals surface area contributed by atoms with Crippen LogP contribution in [0.2, 0.25) is 0 Å². The van der Waals surface area contributed by atoms with Crippen LogP contribution in [0.1, 0.15) is 59.1 Å². The van der Waals surface area contributed by atoms with Crippen LogP contribution in [0.15, 0.2) is 48.5 Å². The molecule has 0 saturated carbocycles. The molecule has 38 heavy (non-hydrogen) atoms. The highest BCUT2D eigenvalue weighted by Crippen LogP contribution is 2.39. The Morgan fingerprint density at radius 3 is 2.29 bits per heavy atom. The van der Waals surface area contributed by atoms with Gasteiger partial charge < -0.3 is 14.5 Å². The SMILES string of the molecule is CCN(CC)C(=O)c1ccc(C(=O)N2CCC3(CC2)CN(CC(F)(F)F)CC(c2ccccc2)O3)cc1F. The number of morpholine rings is 1. The number of likely N-dealkylation sites (tertiary alicyclic amines) is 1. The molecule has 2 fully saturated rings. The minimum Gasteiger partial charge on any atom is -0.364 e. The zero-order valence-corrected chi connectivity index (χ0v) is 21.6.